The van der Waals surface area contributed by atoms with Gasteiger partial charge in [-0.05, 0) is 30.9 Å². The summed E-state index contributed by atoms with van der Waals surface area (Å²) in [5, 5.41) is 9.25. The van der Waals surface area contributed by atoms with Crippen LogP contribution in [0.3, 0.4) is 0 Å². The molecule has 0 spiro atoms. The fraction of sp³-hybridized carbons (Fsp3) is 0.529. The number of ether oxygens (including phenoxy) is 1. The molecule has 1 N–H and O–H groups in total. The minimum absolute atomic E-state index is 0.00313. The molecule has 0 radical (unpaired) electrons. The lowest BCUT2D eigenvalue weighted by atomic mass is 9.90. The Balaban J connectivity index is 2.02. The predicted octanol–water partition coefficient (Wildman–Crippen LogP) is 2.51. The van der Waals surface area contributed by atoms with Gasteiger partial charge in [-0.3, -0.25) is 9.59 Å². The number of amides is 1. The molecular formula is C17H23NO4. The molecule has 1 aliphatic rings. The van der Waals surface area contributed by atoms with Crippen molar-refractivity contribution in [1.82, 2.24) is 4.90 Å². The Kier molecular flexibility index (Phi) is 4.74. The summed E-state index contributed by atoms with van der Waals surface area (Å²) in [6, 6.07) is 7.67. The van der Waals surface area contributed by atoms with Crippen molar-refractivity contribution in [3.8, 4) is 5.75 Å². The number of carbonyl (C=O) groups is 2. The van der Waals surface area contributed by atoms with Gasteiger partial charge in [0.2, 0.25) is 5.91 Å². The second kappa shape index (κ2) is 6.38. The number of hydrogen-bond donors (Lipinski definition) is 1. The first-order valence-electron chi connectivity index (χ1n) is 7.51. The van der Waals surface area contributed by atoms with Gasteiger partial charge in [-0.1, -0.05) is 25.1 Å². The van der Waals surface area contributed by atoms with Gasteiger partial charge in [0.1, 0.15) is 5.75 Å². The van der Waals surface area contributed by atoms with Crippen LogP contribution >= 0.6 is 0 Å². The quantitative estimate of drug-likeness (QED) is 0.907. The normalized spacial score (nSPS) is 22.4. The van der Waals surface area contributed by atoms with Crippen LogP contribution in [-0.4, -0.2) is 42.1 Å². The topological polar surface area (TPSA) is 66.8 Å². The maximum Gasteiger partial charge on any atom is 0.311 e. The first-order chi connectivity index (χ1) is 10.4. The Hall–Kier alpha value is -2.04. The molecule has 0 saturated carbocycles. The van der Waals surface area contributed by atoms with E-state index in [-0.39, 0.29) is 11.8 Å². The van der Waals surface area contributed by atoms with Gasteiger partial charge in [0.05, 0.1) is 12.5 Å². The summed E-state index contributed by atoms with van der Waals surface area (Å²) in [6.07, 6.45) is 0.868. The zero-order chi connectivity index (χ0) is 16.3. The van der Waals surface area contributed by atoms with Crippen molar-refractivity contribution in [2.24, 2.45) is 5.41 Å². The van der Waals surface area contributed by atoms with Crippen LogP contribution in [0.25, 0.3) is 0 Å². The van der Waals surface area contributed by atoms with Gasteiger partial charge < -0.3 is 14.7 Å². The molecule has 120 valence electrons. The van der Waals surface area contributed by atoms with E-state index < -0.39 is 11.4 Å². The van der Waals surface area contributed by atoms with Crippen LogP contribution < -0.4 is 4.74 Å². The fourth-order valence-electron chi connectivity index (χ4n) is 2.92. The highest BCUT2D eigenvalue weighted by molar-refractivity contribution is 5.81. The summed E-state index contributed by atoms with van der Waals surface area (Å²) < 4.78 is 5.34. The lowest BCUT2D eigenvalue weighted by molar-refractivity contribution is -0.147. The maximum absolute atomic E-state index is 12.4. The summed E-state index contributed by atoms with van der Waals surface area (Å²) in [7, 11) is 1.62. The molecule has 5 heteroatoms. The van der Waals surface area contributed by atoms with E-state index in [9.17, 15) is 14.7 Å². The number of likely N-dealkylation sites (tertiary alicyclic amines) is 1. The van der Waals surface area contributed by atoms with Crippen LogP contribution in [0.15, 0.2) is 24.3 Å². The van der Waals surface area contributed by atoms with Crippen molar-refractivity contribution >= 4 is 11.9 Å². The minimum Gasteiger partial charge on any atom is -0.496 e. The van der Waals surface area contributed by atoms with E-state index in [4.69, 9.17) is 4.74 Å². The molecule has 1 aromatic rings. The van der Waals surface area contributed by atoms with Crippen LogP contribution in [-0.2, 0) is 9.59 Å². The molecule has 0 aromatic heterocycles. The molecule has 1 fully saturated rings. The smallest absolute Gasteiger partial charge is 0.311 e. The Bertz CT molecular complexity index is 572. The van der Waals surface area contributed by atoms with Crippen molar-refractivity contribution in [3.05, 3.63) is 29.8 Å². The molecule has 5 nitrogen and oxygen atoms in total. The predicted molar refractivity (Wildman–Crippen MR) is 83.0 cm³/mol. The third-order valence-corrected chi connectivity index (χ3v) is 4.49. The summed E-state index contributed by atoms with van der Waals surface area (Å²) in [6.45, 7) is 4.49. The number of carboxylic acids is 1. The van der Waals surface area contributed by atoms with E-state index in [0.29, 0.717) is 25.9 Å². The van der Waals surface area contributed by atoms with Gasteiger partial charge in [-0.15, -0.1) is 0 Å². The SMILES string of the molecule is COc1ccccc1C(C)CC(=O)N1CCC(C)(C(=O)O)C1. The first-order valence-corrected chi connectivity index (χ1v) is 7.51. The van der Waals surface area contributed by atoms with Crippen LogP contribution in [0, 0.1) is 5.41 Å². The largest absolute Gasteiger partial charge is 0.496 e. The zero-order valence-corrected chi connectivity index (χ0v) is 13.3. The number of benzene rings is 1. The van der Waals surface area contributed by atoms with Gasteiger partial charge in [0, 0.05) is 19.5 Å². The molecule has 1 aliphatic heterocycles. The number of carbonyl (C=O) groups excluding carboxylic acids is 1. The standard InChI is InChI=1S/C17H23NO4/c1-12(13-6-4-5-7-14(13)22-3)10-15(19)18-9-8-17(2,11-18)16(20)21/h4-7,12H,8-11H2,1-3H3,(H,20,21). The second-order valence-corrected chi connectivity index (χ2v) is 6.28. The van der Waals surface area contributed by atoms with E-state index in [0.717, 1.165) is 11.3 Å². The zero-order valence-electron chi connectivity index (χ0n) is 13.3. The minimum atomic E-state index is -0.833. The van der Waals surface area contributed by atoms with E-state index in [2.05, 4.69) is 0 Å². The third kappa shape index (κ3) is 3.24. The summed E-state index contributed by atoms with van der Waals surface area (Å²) >= 11 is 0. The fourth-order valence-corrected chi connectivity index (χ4v) is 2.92. The molecule has 1 saturated heterocycles. The van der Waals surface area contributed by atoms with Crippen LogP contribution in [0.5, 0.6) is 5.75 Å². The van der Waals surface area contributed by atoms with E-state index >= 15 is 0 Å². The molecule has 2 unspecified atom stereocenters. The molecule has 2 rings (SSSR count). The molecule has 1 aromatic carbocycles. The van der Waals surface area contributed by atoms with Crippen LogP contribution in [0.4, 0.5) is 0 Å². The first kappa shape index (κ1) is 16.3. The van der Waals surface area contributed by atoms with Crippen molar-refractivity contribution in [2.45, 2.75) is 32.6 Å². The Morgan fingerprint density at radius 3 is 2.68 bits per heavy atom. The van der Waals surface area contributed by atoms with Gasteiger partial charge in [-0.2, -0.15) is 0 Å². The molecule has 0 aliphatic carbocycles. The van der Waals surface area contributed by atoms with Crippen molar-refractivity contribution < 1.29 is 19.4 Å². The Morgan fingerprint density at radius 2 is 2.09 bits per heavy atom. The van der Waals surface area contributed by atoms with E-state index in [1.54, 1.807) is 18.9 Å². The van der Waals surface area contributed by atoms with Gasteiger partial charge in [-0.25, -0.2) is 0 Å². The molecule has 0 bridgehead atoms. The second-order valence-electron chi connectivity index (χ2n) is 6.28. The van der Waals surface area contributed by atoms with Gasteiger partial charge in [0.15, 0.2) is 0 Å². The average molecular weight is 305 g/mol. The Labute approximate surface area is 130 Å². The third-order valence-electron chi connectivity index (χ3n) is 4.49. The number of nitrogens with zero attached hydrogens (tertiary/aromatic N) is 1. The maximum atomic E-state index is 12.4. The monoisotopic (exact) mass is 305 g/mol. The lowest BCUT2D eigenvalue weighted by Gasteiger charge is -2.22. The lowest BCUT2D eigenvalue weighted by Crippen LogP contribution is -2.35. The summed E-state index contributed by atoms with van der Waals surface area (Å²) in [5.41, 5.74) is 0.183. The number of para-hydroxylation sites is 1. The number of hydrogen-bond acceptors (Lipinski definition) is 3. The number of carboxylic acid groups (broad SMARTS) is 1. The Morgan fingerprint density at radius 1 is 1.41 bits per heavy atom. The van der Waals surface area contributed by atoms with E-state index in [1.807, 2.05) is 31.2 Å². The molecule has 22 heavy (non-hydrogen) atoms. The van der Waals surface area contributed by atoms with Gasteiger partial charge >= 0.3 is 5.97 Å². The number of aliphatic carboxylic acids is 1. The summed E-state index contributed by atoms with van der Waals surface area (Å²) in [5.74, 6) is -0.0242. The molecule has 1 amide bonds. The highest BCUT2D eigenvalue weighted by atomic mass is 16.5. The highest BCUT2D eigenvalue weighted by Gasteiger charge is 2.42. The van der Waals surface area contributed by atoms with Gasteiger partial charge in [0.25, 0.3) is 0 Å². The van der Waals surface area contributed by atoms with Crippen molar-refractivity contribution in [3.63, 3.8) is 0 Å². The van der Waals surface area contributed by atoms with Crippen LogP contribution in [0.1, 0.15) is 38.2 Å². The van der Waals surface area contributed by atoms with E-state index in [1.165, 1.54) is 0 Å². The highest BCUT2D eigenvalue weighted by Crippen LogP contribution is 2.33. The number of rotatable bonds is 5. The van der Waals surface area contributed by atoms with Crippen molar-refractivity contribution in [2.75, 3.05) is 20.2 Å². The number of methoxy groups -OCH3 is 1. The molecular weight excluding hydrogens is 282 g/mol. The molecule has 2 atom stereocenters. The molecule has 1 heterocycles. The average Bonchev–Trinajstić information content (AvgIpc) is 2.91. The summed E-state index contributed by atoms with van der Waals surface area (Å²) in [4.78, 5) is 25.4. The van der Waals surface area contributed by atoms with Crippen LogP contribution in [0.2, 0.25) is 0 Å². The van der Waals surface area contributed by atoms with Crippen molar-refractivity contribution in [1.29, 1.82) is 0 Å².